The molecule has 0 bridgehead atoms. The van der Waals surface area contributed by atoms with E-state index < -0.39 is 11.7 Å². The highest BCUT2D eigenvalue weighted by Gasteiger charge is 2.30. The Morgan fingerprint density at radius 2 is 2.10 bits per heavy atom. The molecule has 0 aliphatic heterocycles. The van der Waals surface area contributed by atoms with Gasteiger partial charge in [-0.1, -0.05) is 6.07 Å². The third kappa shape index (κ3) is 7.91. The standard InChI is InChI=1S/C19H25F3N4O2S.HI/c1-13(27-4)17-25-15(12-29-17)11-26(3)18(23-2)24-8-9-28-16-7-5-6-14(10-16)19(20,21)22;/h5-7,10,12-13H,8-9,11H2,1-4H3,(H,23,24);1H. The van der Waals surface area contributed by atoms with Crippen LogP contribution in [-0.4, -0.2) is 50.2 Å². The van der Waals surface area contributed by atoms with Crippen LogP contribution in [0, 0.1) is 0 Å². The van der Waals surface area contributed by atoms with Gasteiger partial charge in [0.15, 0.2) is 5.96 Å². The number of alkyl halides is 3. The van der Waals surface area contributed by atoms with Crippen molar-refractivity contribution >= 4 is 41.3 Å². The van der Waals surface area contributed by atoms with E-state index in [0.717, 1.165) is 22.8 Å². The molecular weight excluding hydrogens is 532 g/mol. The van der Waals surface area contributed by atoms with Crippen molar-refractivity contribution < 1.29 is 22.6 Å². The highest BCUT2D eigenvalue weighted by Crippen LogP contribution is 2.31. The Morgan fingerprint density at radius 3 is 2.73 bits per heavy atom. The summed E-state index contributed by atoms with van der Waals surface area (Å²) in [6.07, 6.45) is -4.44. The first kappa shape index (κ1) is 26.4. The van der Waals surface area contributed by atoms with Crippen LogP contribution in [0.4, 0.5) is 13.2 Å². The van der Waals surface area contributed by atoms with Crippen LogP contribution in [0.25, 0.3) is 0 Å². The topological polar surface area (TPSA) is 59.0 Å². The van der Waals surface area contributed by atoms with E-state index in [-0.39, 0.29) is 42.4 Å². The Balaban J connectivity index is 0.00000450. The number of hydrogen-bond acceptors (Lipinski definition) is 5. The molecule has 1 heterocycles. The zero-order chi connectivity index (χ0) is 21.4. The molecule has 0 saturated carbocycles. The number of aromatic nitrogens is 1. The fraction of sp³-hybridized carbons (Fsp3) is 0.474. The maximum Gasteiger partial charge on any atom is 0.416 e. The van der Waals surface area contributed by atoms with Crippen LogP contribution in [0.3, 0.4) is 0 Å². The van der Waals surface area contributed by atoms with Gasteiger partial charge in [-0.05, 0) is 25.1 Å². The molecule has 0 amide bonds. The molecule has 1 unspecified atom stereocenters. The van der Waals surface area contributed by atoms with Crippen molar-refractivity contribution in [2.75, 3.05) is 34.4 Å². The van der Waals surface area contributed by atoms with E-state index in [4.69, 9.17) is 9.47 Å². The van der Waals surface area contributed by atoms with Gasteiger partial charge in [-0.2, -0.15) is 13.2 Å². The smallest absolute Gasteiger partial charge is 0.416 e. The summed E-state index contributed by atoms with van der Waals surface area (Å²) in [4.78, 5) is 10.7. The minimum Gasteiger partial charge on any atom is -0.492 e. The Kier molecular flexibility index (Phi) is 10.8. The summed E-state index contributed by atoms with van der Waals surface area (Å²) in [7, 11) is 5.18. The molecule has 1 atom stereocenters. The molecule has 0 spiro atoms. The van der Waals surface area contributed by atoms with E-state index in [1.165, 1.54) is 12.1 Å². The normalized spacial score (nSPS) is 12.8. The van der Waals surface area contributed by atoms with Crippen molar-refractivity contribution in [1.82, 2.24) is 15.2 Å². The second-order valence-electron chi connectivity index (χ2n) is 6.26. The van der Waals surface area contributed by atoms with Gasteiger partial charge in [0.1, 0.15) is 23.5 Å². The monoisotopic (exact) mass is 558 g/mol. The molecular formula is C19H26F3IN4O2S. The van der Waals surface area contributed by atoms with Gasteiger partial charge in [0, 0.05) is 26.6 Å². The largest absolute Gasteiger partial charge is 0.492 e. The van der Waals surface area contributed by atoms with Gasteiger partial charge < -0.3 is 19.7 Å². The van der Waals surface area contributed by atoms with E-state index in [1.54, 1.807) is 25.5 Å². The van der Waals surface area contributed by atoms with Gasteiger partial charge in [-0.15, -0.1) is 35.3 Å². The van der Waals surface area contributed by atoms with E-state index in [9.17, 15) is 13.2 Å². The summed E-state index contributed by atoms with van der Waals surface area (Å²) in [6, 6.07) is 4.82. The van der Waals surface area contributed by atoms with Gasteiger partial charge in [0.25, 0.3) is 0 Å². The maximum absolute atomic E-state index is 12.7. The minimum atomic E-state index is -4.39. The Bertz CT molecular complexity index is 817. The summed E-state index contributed by atoms with van der Waals surface area (Å²) < 4.78 is 48.9. The van der Waals surface area contributed by atoms with Gasteiger partial charge >= 0.3 is 6.18 Å². The number of thiazole rings is 1. The van der Waals surface area contributed by atoms with Crippen LogP contribution in [0.5, 0.6) is 5.75 Å². The van der Waals surface area contributed by atoms with Crippen molar-refractivity contribution in [3.8, 4) is 5.75 Å². The fourth-order valence-electron chi connectivity index (χ4n) is 2.48. The van der Waals surface area contributed by atoms with Gasteiger partial charge in [0.2, 0.25) is 0 Å². The van der Waals surface area contributed by atoms with Crippen LogP contribution in [0.2, 0.25) is 0 Å². The minimum absolute atomic E-state index is 0. The lowest BCUT2D eigenvalue weighted by molar-refractivity contribution is -0.137. The molecule has 30 heavy (non-hydrogen) atoms. The molecule has 1 N–H and O–H groups in total. The lowest BCUT2D eigenvalue weighted by Gasteiger charge is -2.21. The molecule has 0 aliphatic carbocycles. The molecule has 0 fully saturated rings. The molecule has 0 saturated heterocycles. The first-order valence-electron chi connectivity index (χ1n) is 8.93. The van der Waals surface area contributed by atoms with Crippen LogP contribution in [0.15, 0.2) is 34.6 Å². The molecule has 0 aliphatic rings. The summed E-state index contributed by atoms with van der Waals surface area (Å²) in [5, 5.41) is 6.01. The van der Waals surface area contributed by atoms with Crippen molar-refractivity contribution in [2.45, 2.75) is 25.7 Å². The number of methoxy groups -OCH3 is 1. The number of ether oxygens (including phenoxy) is 2. The Morgan fingerprint density at radius 1 is 1.37 bits per heavy atom. The third-order valence-electron chi connectivity index (χ3n) is 4.06. The second-order valence-corrected chi connectivity index (χ2v) is 7.15. The predicted octanol–water partition coefficient (Wildman–Crippen LogP) is 4.57. The zero-order valence-corrected chi connectivity index (χ0v) is 20.3. The average molecular weight is 558 g/mol. The Hall–Kier alpha value is -1.60. The van der Waals surface area contributed by atoms with Crippen LogP contribution >= 0.6 is 35.3 Å². The van der Waals surface area contributed by atoms with Crippen molar-refractivity contribution in [2.24, 2.45) is 4.99 Å². The van der Waals surface area contributed by atoms with Crippen LogP contribution in [0.1, 0.15) is 29.3 Å². The molecule has 11 heteroatoms. The summed E-state index contributed by atoms with van der Waals surface area (Å²) >= 11 is 1.54. The summed E-state index contributed by atoms with van der Waals surface area (Å²) in [5.41, 5.74) is 0.170. The van der Waals surface area contributed by atoms with Crippen molar-refractivity contribution in [3.05, 3.63) is 45.9 Å². The number of halogens is 4. The van der Waals surface area contributed by atoms with Gasteiger partial charge in [0.05, 0.1) is 24.3 Å². The highest BCUT2D eigenvalue weighted by atomic mass is 127. The zero-order valence-electron chi connectivity index (χ0n) is 17.2. The maximum atomic E-state index is 12.7. The number of rotatable bonds is 8. The molecule has 0 radical (unpaired) electrons. The van der Waals surface area contributed by atoms with Gasteiger partial charge in [-0.3, -0.25) is 4.99 Å². The first-order chi connectivity index (χ1) is 13.7. The molecule has 168 valence electrons. The predicted molar refractivity (Wildman–Crippen MR) is 123 cm³/mol. The number of nitrogens with zero attached hydrogens (tertiary/aromatic N) is 3. The molecule has 6 nitrogen and oxygen atoms in total. The molecule has 1 aromatic heterocycles. The number of benzene rings is 1. The van der Waals surface area contributed by atoms with E-state index in [0.29, 0.717) is 19.0 Å². The number of aliphatic imine (C=N–C) groups is 1. The Labute approximate surface area is 195 Å². The second kappa shape index (κ2) is 12.3. The lowest BCUT2D eigenvalue weighted by Crippen LogP contribution is -2.40. The molecule has 1 aromatic carbocycles. The fourth-order valence-corrected chi connectivity index (χ4v) is 3.32. The SMILES string of the molecule is CN=C(NCCOc1cccc(C(F)(F)F)c1)N(C)Cc1csc(C(C)OC)n1.I. The number of nitrogens with one attached hydrogen (secondary N) is 1. The third-order valence-corrected chi connectivity index (χ3v) is 5.11. The van der Waals surface area contributed by atoms with E-state index in [2.05, 4.69) is 15.3 Å². The van der Waals surface area contributed by atoms with Crippen LogP contribution < -0.4 is 10.1 Å². The number of hydrogen-bond donors (Lipinski definition) is 1. The van der Waals surface area contributed by atoms with Gasteiger partial charge in [-0.25, -0.2) is 4.98 Å². The van der Waals surface area contributed by atoms with E-state index in [1.807, 2.05) is 24.3 Å². The highest BCUT2D eigenvalue weighted by molar-refractivity contribution is 14.0. The average Bonchev–Trinajstić information content (AvgIpc) is 3.15. The van der Waals surface area contributed by atoms with Crippen molar-refractivity contribution in [3.63, 3.8) is 0 Å². The van der Waals surface area contributed by atoms with Crippen molar-refractivity contribution in [1.29, 1.82) is 0 Å². The summed E-state index contributed by atoms with van der Waals surface area (Å²) in [6.45, 7) is 3.08. The van der Waals surface area contributed by atoms with E-state index >= 15 is 0 Å². The lowest BCUT2D eigenvalue weighted by atomic mass is 10.2. The summed E-state index contributed by atoms with van der Waals surface area (Å²) in [5.74, 6) is 0.805. The molecule has 2 rings (SSSR count). The number of guanidine groups is 1. The first-order valence-corrected chi connectivity index (χ1v) is 9.81. The van der Waals surface area contributed by atoms with Crippen LogP contribution in [-0.2, 0) is 17.5 Å². The quantitative estimate of drug-likeness (QED) is 0.223. The molecule has 2 aromatic rings.